The van der Waals surface area contributed by atoms with Gasteiger partial charge in [0.25, 0.3) is 11.1 Å². The lowest BCUT2D eigenvalue weighted by atomic mass is 10.2. The second-order valence-corrected chi connectivity index (χ2v) is 8.03. The molecule has 4 nitrogen and oxygen atoms in total. The zero-order chi connectivity index (χ0) is 18.7. The molecule has 8 heteroatoms. The Bertz CT molecular complexity index is 885. The van der Waals surface area contributed by atoms with Crippen LogP contribution >= 0.6 is 46.7 Å². The first kappa shape index (κ1) is 19.2. The second-order valence-electron chi connectivity index (χ2n) is 5.35. The van der Waals surface area contributed by atoms with Gasteiger partial charge >= 0.3 is 0 Å². The Hall–Kier alpha value is -1.60. The highest BCUT2D eigenvalue weighted by Crippen LogP contribution is 2.32. The van der Waals surface area contributed by atoms with Crippen LogP contribution in [0, 0.1) is 0 Å². The molecule has 1 aliphatic heterocycles. The van der Waals surface area contributed by atoms with Crippen LogP contribution in [0.5, 0.6) is 0 Å². The number of anilines is 1. The van der Waals surface area contributed by atoms with Crippen molar-refractivity contribution in [2.24, 2.45) is 0 Å². The van der Waals surface area contributed by atoms with E-state index in [4.69, 9.17) is 23.2 Å². The van der Waals surface area contributed by atoms with Crippen molar-refractivity contribution in [3.05, 3.63) is 63.0 Å². The maximum Gasteiger partial charge on any atom is 0.295 e. The normalized spacial score (nSPS) is 15.8. The third kappa shape index (κ3) is 4.38. The standard InChI is InChI=1S/C18H14Cl2N2O2S2/c1-25-13-5-2-11(3-6-13)8-16-17(23)22(18(24)26-16)10-21-12-4-7-14(19)15(20)9-12/h2-9,21H,10H2,1H3/b16-8-. The van der Waals surface area contributed by atoms with E-state index in [1.165, 1.54) is 0 Å². The number of thioether (sulfide) groups is 2. The van der Waals surface area contributed by atoms with E-state index in [1.54, 1.807) is 36.0 Å². The summed E-state index contributed by atoms with van der Waals surface area (Å²) in [6, 6.07) is 12.8. The number of hydrogen-bond donors (Lipinski definition) is 1. The number of carbonyl (C=O) groups is 2. The number of halogens is 2. The molecular formula is C18H14Cl2N2O2S2. The van der Waals surface area contributed by atoms with Gasteiger partial charge in [-0.25, -0.2) is 0 Å². The van der Waals surface area contributed by atoms with Crippen LogP contribution in [0.3, 0.4) is 0 Å². The van der Waals surface area contributed by atoms with Crippen molar-refractivity contribution < 1.29 is 9.59 Å². The summed E-state index contributed by atoms with van der Waals surface area (Å²) in [5.41, 5.74) is 1.56. The highest BCUT2D eigenvalue weighted by molar-refractivity contribution is 8.18. The van der Waals surface area contributed by atoms with Gasteiger partial charge in [0.05, 0.1) is 21.6 Å². The van der Waals surface area contributed by atoms with Crippen molar-refractivity contribution in [2.45, 2.75) is 4.90 Å². The first-order chi connectivity index (χ1) is 12.5. The Morgan fingerprint density at radius 2 is 1.85 bits per heavy atom. The van der Waals surface area contributed by atoms with Crippen LogP contribution in [-0.4, -0.2) is 29.0 Å². The lowest BCUT2D eigenvalue weighted by molar-refractivity contribution is -0.122. The van der Waals surface area contributed by atoms with Crippen LogP contribution in [0.1, 0.15) is 5.56 Å². The Morgan fingerprint density at radius 1 is 1.12 bits per heavy atom. The SMILES string of the molecule is CSc1ccc(/C=C2\SC(=O)N(CNc3ccc(Cl)c(Cl)c3)C2=O)cc1. The molecular weight excluding hydrogens is 411 g/mol. The number of benzene rings is 2. The first-order valence-corrected chi connectivity index (χ1v) is 10.4. The Labute approximate surface area is 169 Å². The average molecular weight is 425 g/mol. The van der Waals surface area contributed by atoms with Crippen molar-refractivity contribution in [1.82, 2.24) is 4.90 Å². The monoisotopic (exact) mass is 424 g/mol. The number of nitrogens with zero attached hydrogens (tertiary/aromatic N) is 1. The number of amides is 2. The molecule has 1 saturated heterocycles. The van der Waals surface area contributed by atoms with E-state index in [0.717, 1.165) is 27.1 Å². The molecule has 0 atom stereocenters. The molecule has 0 spiro atoms. The van der Waals surface area contributed by atoms with Crippen LogP contribution in [0.25, 0.3) is 6.08 Å². The van der Waals surface area contributed by atoms with Crippen molar-refractivity contribution in [3.63, 3.8) is 0 Å². The van der Waals surface area contributed by atoms with Crippen LogP contribution in [0.15, 0.2) is 52.3 Å². The molecule has 0 bridgehead atoms. The molecule has 2 aromatic rings. The zero-order valence-electron chi connectivity index (χ0n) is 13.7. The van der Waals surface area contributed by atoms with E-state index in [2.05, 4.69) is 5.32 Å². The minimum Gasteiger partial charge on any atom is -0.367 e. The van der Waals surface area contributed by atoms with Gasteiger partial charge < -0.3 is 5.32 Å². The predicted octanol–water partition coefficient (Wildman–Crippen LogP) is 5.82. The van der Waals surface area contributed by atoms with E-state index < -0.39 is 0 Å². The van der Waals surface area contributed by atoms with Gasteiger partial charge in [-0.15, -0.1) is 11.8 Å². The van der Waals surface area contributed by atoms with Crippen LogP contribution in [-0.2, 0) is 4.79 Å². The third-order valence-corrected chi connectivity index (χ3v) is 6.04. The molecule has 134 valence electrons. The van der Waals surface area contributed by atoms with E-state index in [0.29, 0.717) is 20.6 Å². The summed E-state index contributed by atoms with van der Waals surface area (Å²) in [5.74, 6) is -0.318. The fourth-order valence-electron chi connectivity index (χ4n) is 2.26. The minimum absolute atomic E-state index is 0.0609. The quantitative estimate of drug-likeness (QED) is 0.483. The minimum atomic E-state index is -0.318. The van der Waals surface area contributed by atoms with E-state index >= 15 is 0 Å². The molecule has 2 amide bonds. The van der Waals surface area contributed by atoms with Gasteiger partial charge in [-0.05, 0) is 60.0 Å². The first-order valence-electron chi connectivity index (χ1n) is 7.56. The molecule has 2 aromatic carbocycles. The fourth-order valence-corrected chi connectivity index (χ4v) is 3.81. The summed E-state index contributed by atoms with van der Waals surface area (Å²) < 4.78 is 0. The molecule has 26 heavy (non-hydrogen) atoms. The van der Waals surface area contributed by atoms with Crippen molar-refractivity contribution in [2.75, 3.05) is 18.2 Å². The van der Waals surface area contributed by atoms with Gasteiger partial charge in [0.1, 0.15) is 0 Å². The number of carbonyl (C=O) groups excluding carboxylic acids is 2. The smallest absolute Gasteiger partial charge is 0.295 e. The maximum atomic E-state index is 12.5. The van der Waals surface area contributed by atoms with Crippen molar-refractivity contribution in [1.29, 1.82) is 0 Å². The van der Waals surface area contributed by atoms with Crippen LogP contribution in [0.2, 0.25) is 10.0 Å². The fraction of sp³-hybridized carbons (Fsp3) is 0.111. The molecule has 3 rings (SSSR count). The number of nitrogens with one attached hydrogen (secondary N) is 1. The number of hydrogen-bond acceptors (Lipinski definition) is 5. The number of imide groups is 1. The lowest BCUT2D eigenvalue weighted by Crippen LogP contribution is -2.33. The molecule has 1 fully saturated rings. The molecule has 0 aliphatic carbocycles. The zero-order valence-corrected chi connectivity index (χ0v) is 16.8. The molecule has 0 saturated carbocycles. The molecule has 1 heterocycles. The van der Waals surface area contributed by atoms with Gasteiger partial charge in [0.15, 0.2) is 0 Å². The summed E-state index contributed by atoms with van der Waals surface area (Å²) in [5, 5.41) is 3.55. The summed E-state index contributed by atoms with van der Waals surface area (Å²) in [7, 11) is 0. The summed E-state index contributed by atoms with van der Waals surface area (Å²) in [4.78, 5) is 27.4. The molecule has 1 aliphatic rings. The van der Waals surface area contributed by atoms with Crippen molar-refractivity contribution in [3.8, 4) is 0 Å². The highest BCUT2D eigenvalue weighted by Gasteiger charge is 2.34. The summed E-state index contributed by atoms with van der Waals surface area (Å²) >= 11 is 14.4. The topological polar surface area (TPSA) is 49.4 Å². The maximum absolute atomic E-state index is 12.5. The number of rotatable bonds is 5. The third-order valence-electron chi connectivity index (χ3n) is 3.65. The van der Waals surface area contributed by atoms with Gasteiger partial charge in [0.2, 0.25) is 0 Å². The summed E-state index contributed by atoms with van der Waals surface area (Å²) in [6.45, 7) is 0.0609. The van der Waals surface area contributed by atoms with E-state index in [9.17, 15) is 9.59 Å². The largest absolute Gasteiger partial charge is 0.367 e. The van der Waals surface area contributed by atoms with Crippen LogP contribution < -0.4 is 5.32 Å². The Balaban J connectivity index is 1.69. The molecule has 0 unspecified atom stereocenters. The van der Waals surface area contributed by atoms with Gasteiger partial charge in [-0.2, -0.15) is 0 Å². The van der Waals surface area contributed by atoms with Gasteiger partial charge in [-0.1, -0.05) is 35.3 Å². The molecule has 0 aromatic heterocycles. The molecule has 1 N–H and O–H groups in total. The second kappa shape index (κ2) is 8.39. The lowest BCUT2D eigenvalue weighted by Gasteiger charge is -2.14. The van der Waals surface area contributed by atoms with E-state index in [-0.39, 0.29) is 17.8 Å². The Morgan fingerprint density at radius 3 is 2.50 bits per heavy atom. The van der Waals surface area contributed by atoms with Crippen molar-refractivity contribution >= 4 is 69.6 Å². The summed E-state index contributed by atoms with van der Waals surface area (Å²) in [6.07, 6.45) is 3.73. The van der Waals surface area contributed by atoms with Gasteiger partial charge in [0, 0.05) is 10.6 Å². The Kier molecular flexibility index (Phi) is 6.19. The molecule has 0 radical (unpaired) electrons. The van der Waals surface area contributed by atoms with Gasteiger partial charge in [-0.3, -0.25) is 14.5 Å². The highest BCUT2D eigenvalue weighted by atomic mass is 35.5. The van der Waals surface area contributed by atoms with E-state index in [1.807, 2.05) is 30.5 Å². The average Bonchev–Trinajstić information content (AvgIpc) is 2.90. The predicted molar refractivity (Wildman–Crippen MR) is 111 cm³/mol. The van der Waals surface area contributed by atoms with Crippen LogP contribution in [0.4, 0.5) is 10.5 Å².